The van der Waals surface area contributed by atoms with E-state index in [4.69, 9.17) is 0 Å². The Morgan fingerprint density at radius 3 is 2.48 bits per heavy atom. The molecule has 124 valence electrons. The molecule has 0 aliphatic heterocycles. The third-order valence-electron chi connectivity index (χ3n) is 3.12. The molecule has 0 saturated carbocycles. The summed E-state index contributed by atoms with van der Waals surface area (Å²) in [6.07, 6.45) is 0. The third-order valence-corrected chi connectivity index (χ3v) is 6.23. The van der Waals surface area contributed by atoms with E-state index in [0.29, 0.717) is 12.1 Å². The molecule has 0 spiro atoms. The Bertz CT molecular complexity index is 785. The first-order valence-corrected chi connectivity index (χ1v) is 9.19. The first kappa shape index (κ1) is 17.6. The van der Waals surface area contributed by atoms with Crippen LogP contribution in [0.1, 0.15) is 30.3 Å². The highest BCUT2D eigenvalue weighted by Crippen LogP contribution is 2.24. The summed E-state index contributed by atoms with van der Waals surface area (Å²) in [4.78, 5) is 11.6. The topological polar surface area (TPSA) is 75.3 Å². The van der Waals surface area contributed by atoms with Gasteiger partial charge in [-0.15, -0.1) is 11.3 Å². The lowest BCUT2D eigenvalue weighted by Gasteiger charge is -2.13. The van der Waals surface area contributed by atoms with Gasteiger partial charge in [0, 0.05) is 17.8 Å². The summed E-state index contributed by atoms with van der Waals surface area (Å²) in [5.74, 6) is -0.546. The molecule has 5 nitrogen and oxygen atoms in total. The second kappa shape index (κ2) is 7.20. The predicted molar refractivity (Wildman–Crippen MR) is 87.0 cm³/mol. The monoisotopic (exact) mass is 356 g/mol. The Balaban J connectivity index is 2.09. The van der Waals surface area contributed by atoms with Crippen molar-refractivity contribution >= 4 is 27.3 Å². The fourth-order valence-electron chi connectivity index (χ4n) is 1.92. The highest BCUT2D eigenvalue weighted by atomic mass is 32.2. The molecule has 0 fully saturated rings. The third kappa shape index (κ3) is 4.85. The zero-order chi connectivity index (χ0) is 17.0. The summed E-state index contributed by atoms with van der Waals surface area (Å²) < 4.78 is 40.4. The van der Waals surface area contributed by atoms with Gasteiger partial charge < -0.3 is 5.32 Å². The number of hydrogen-bond donors (Lipinski definition) is 2. The maximum absolute atomic E-state index is 12.9. The number of nitrogens with one attached hydrogen (secondary N) is 2. The Hall–Kier alpha value is -1.77. The van der Waals surface area contributed by atoms with Crippen LogP contribution in [0.25, 0.3) is 0 Å². The molecular weight excluding hydrogens is 339 g/mol. The minimum Gasteiger partial charge on any atom is -0.351 e. The van der Waals surface area contributed by atoms with Crippen LogP contribution < -0.4 is 10.0 Å². The minimum absolute atomic E-state index is 0.173. The standard InChI is InChI=1S/C15H17FN2O3S2/c1-10(12-3-5-13(16)6-4-12)18-23(20,21)15-8-7-14(22-15)9-17-11(2)19/h3-8,10,18H,9H2,1-2H3,(H,17,19). The van der Waals surface area contributed by atoms with Crippen LogP contribution in [0.2, 0.25) is 0 Å². The molecule has 0 radical (unpaired) electrons. The van der Waals surface area contributed by atoms with Crippen molar-refractivity contribution in [3.63, 3.8) is 0 Å². The van der Waals surface area contributed by atoms with Crippen LogP contribution in [0.15, 0.2) is 40.6 Å². The molecule has 0 aliphatic rings. The average Bonchev–Trinajstić information content (AvgIpc) is 2.95. The molecule has 1 unspecified atom stereocenters. The first-order valence-electron chi connectivity index (χ1n) is 6.89. The molecule has 8 heteroatoms. The average molecular weight is 356 g/mol. The Labute approximate surface area is 138 Å². The lowest BCUT2D eigenvalue weighted by Crippen LogP contribution is -2.26. The number of carbonyl (C=O) groups excluding carboxylic acids is 1. The first-order chi connectivity index (χ1) is 10.8. The van der Waals surface area contributed by atoms with E-state index in [9.17, 15) is 17.6 Å². The predicted octanol–water partition coefficient (Wildman–Crippen LogP) is 2.56. The summed E-state index contributed by atoms with van der Waals surface area (Å²) in [7, 11) is -3.67. The number of amides is 1. The van der Waals surface area contributed by atoms with Crippen LogP contribution in [-0.4, -0.2) is 14.3 Å². The van der Waals surface area contributed by atoms with Crippen molar-refractivity contribution in [2.75, 3.05) is 0 Å². The molecule has 0 saturated heterocycles. The zero-order valence-electron chi connectivity index (χ0n) is 12.7. The van der Waals surface area contributed by atoms with Crippen molar-refractivity contribution in [2.24, 2.45) is 0 Å². The molecule has 2 N–H and O–H groups in total. The Kier molecular flexibility index (Phi) is 5.51. The zero-order valence-corrected chi connectivity index (χ0v) is 14.3. The van der Waals surface area contributed by atoms with Crippen LogP contribution in [0, 0.1) is 5.82 Å². The van der Waals surface area contributed by atoms with Crippen LogP contribution >= 0.6 is 11.3 Å². The number of thiophene rings is 1. The molecule has 1 atom stereocenters. The van der Waals surface area contributed by atoms with Crippen molar-refractivity contribution in [1.82, 2.24) is 10.0 Å². The number of halogens is 1. The van der Waals surface area contributed by atoms with Gasteiger partial charge in [0.2, 0.25) is 5.91 Å². The van der Waals surface area contributed by atoms with Crippen molar-refractivity contribution < 1.29 is 17.6 Å². The maximum atomic E-state index is 12.9. The van der Waals surface area contributed by atoms with Crippen molar-refractivity contribution in [3.8, 4) is 0 Å². The van der Waals surface area contributed by atoms with Gasteiger partial charge in [-0.2, -0.15) is 0 Å². The van der Waals surface area contributed by atoms with E-state index < -0.39 is 16.1 Å². The normalized spacial score (nSPS) is 12.8. The molecule has 1 amide bonds. The van der Waals surface area contributed by atoms with Crippen LogP contribution in [0.5, 0.6) is 0 Å². The van der Waals surface area contributed by atoms with Gasteiger partial charge in [-0.25, -0.2) is 17.5 Å². The van der Waals surface area contributed by atoms with Crippen LogP contribution in [0.4, 0.5) is 4.39 Å². The molecular formula is C15H17FN2O3S2. The number of sulfonamides is 1. The fourth-order valence-corrected chi connectivity index (χ4v) is 4.46. The van der Waals surface area contributed by atoms with Gasteiger partial charge in [-0.05, 0) is 36.8 Å². The molecule has 2 aromatic rings. The van der Waals surface area contributed by atoms with Gasteiger partial charge in [0.25, 0.3) is 10.0 Å². The Morgan fingerprint density at radius 1 is 1.22 bits per heavy atom. The van der Waals surface area contributed by atoms with Crippen LogP contribution in [0.3, 0.4) is 0 Å². The second-order valence-corrected chi connectivity index (χ2v) is 8.13. The van der Waals surface area contributed by atoms with Crippen LogP contribution in [-0.2, 0) is 21.4 Å². The summed E-state index contributed by atoms with van der Waals surface area (Å²) in [5.41, 5.74) is 0.671. The van der Waals surface area contributed by atoms with Gasteiger partial charge in [0.1, 0.15) is 10.0 Å². The lowest BCUT2D eigenvalue weighted by molar-refractivity contribution is -0.119. The second-order valence-electron chi connectivity index (χ2n) is 5.03. The number of benzene rings is 1. The molecule has 1 heterocycles. The van der Waals surface area contributed by atoms with E-state index in [1.54, 1.807) is 25.1 Å². The number of carbonyl (C=O) groups is 1. The summed E-state index contributed by atoms with van der Waals surface area (Å²) >= 11 is 1.10. The quantitative estimate of drug-likeness (QED) is 0.835. The summed E-state index contributed by atoms with van der Waals surface area (Å²) in [6, 6.07) is 8.34. The lowest BCUT2D eigenvalue weighted by atomic mass is 10.1. The molecule has 23 heavy (non-hydrogen) atoms. The fraction of sp³-hybridized carbons (Fsp3) is 0.267. The van der Waals surface area contributed by atoms with E-state index in [1.165, 1.54) is 25.1 Å². The maximum Gasteiger partial charge on any atom is 0.250 e. The SMILES string of the molecule is CC(=O)NCc1ccc(S(=O)(=O)NC(C)c2ccc(F)cc2)s1. The van der Waals surface area contributed by atoms with Crippen molar-refractivity contribution in [3.05, 3.63) is 52.7 Å². The summed E-state index contributed by atoms with van der Waals surface area (Å²) in [5, 5.41) is 2.62. The highest BCUT2D eigenvalue weighted by Gasteiger charge is 2.20. The van der Waals surface area contributed by atoms with Gasteiger partial charge >= 0.3 is 0 Å². The molecule has 1 aromatic carbocycles. The smallest absolute Gasteiger partial charge is 0.250 e. The van der Waals surface area contributed by atoms with Gasteiger partial charge in [0.05, 0.1) is 6.54 Å². The van der Waals surface area contributed by atoms with E-state index in [1.807, 2.05) is 0 Å². The van der Waals surface area contributed by atoms with E-state index >= 15 is 0 Å². The molecule has 2 rings (SSSR count). The molecule has 0 bridgehead atoms. The van der Waals surface area contributed by atoms with Gasteiger partial charge in [-0.3, -0.25) is 4.79 Å². The Morgan fingerprint density at radius 2 is 1.87 bits per heavy atom. The van der Waals surface area contributed by atoms with Crippen molar-refractivity contribution in [2.45, 2.75) is 30.6 Å². The highest BCUT2D eigenvalue weighted by molar-refractivity contribution is 7.91. The summed E-state index contributed by atoms with van der Waals surface area (Å²) in [6.45, 7) is 3.39. The minimum atomic E-state index is -3.67. The van der Waals surface area contributed by atoms with E-state index in [2.05, 4.69) is 10.0 Å². The van der Waals surface area contributed by atoms with Gasteiger partial charge in [0.15, 0.2) is 0 Å². The van der Waals surface area contributed by atoms with Crippen molar-refractivity contribution in [1.29, 1.82) is 0 Å². The molecule has 1 aromatic heterocycles. The number of rotatable bonds is 6. The largest absolute Gasteiger partial charge is 0.351 e. The van der Waals surface area contributed by atoms with Gasteiger partial charge in [-0.1, -0.05) is 12.1 Å². The van der Waals surface area contributed by atoms with E-state index in [0.717, 1.165) is 16.2 Å². The van der Waals surface area contributed by atoms with E-state index in [-0.39, 0.29) is 15.9 Å². The molecule has 0 aliphatic carbocycles. The number of hydrogen-bond acceptors (Lipinski definition) is 4.